The van der Waals surface area contributed by atoms with Gasteiger partial charge in [-0.25, -0.2) is 8.78 Å². The average Bonchev–Trinajstić information content (AvgIpc) is 2.32. The van der Waals surface area contributed by atoms with Gasteiger partial charge in [-0.3, -0.25) is 4.79 Å². The molecule has 0 saturated carbocycles. The summed E-state index contributed by atoms with van der Waals surface area (Å²) in [5, 5.41) is 0.0922. The second kappa shape index (κ2) is 3.89. The highest BCUT2D eigenvalue weighted by Gasteiger charge is 2.12. The minimum absolute atomic E-state index is 0.0430. The van der Waals surface area contributed by atoms with Crippen molar-refractivity contribution in [2.45, 2.75) is 0 Å². The largest absolute Gasteiger partial charge is 0.496 e. The number of ether oxygens (including phenoxy) is 1. The Bertz CT molecular complexity index is 564. The van der Waals surface area contributed by atoms with E-state index in [4.69, 9.17) is 4.74 Å². The molecule has 16 heavy (non-hydrogen) atoms. The Kier molecular flexibility index (Phi) is 2.56. The van der Waals surface area contributed by atoms with Crippen LogP contribution >= 0.6 is 0 Å². The highest BCUT2D eigenvalue weighted by molar-refractivity contribution is 5.94. The molecular weight excluding hydrogens is 214 g/mol. The number of halogens is 2. The van der Waals surface area contributed by atoms with Gasteiger partial charge in [0.25, 0.3) is 0 Å². The van der Waals surface area contributed by atoms with Gasteiger partial charge >= 0.3 is 0 Å². The maximum absolute atomic E-state index is 13.5. The quantitative estimate of drug-likeness (QED) is 0.730. The maximum Gasteiger partial charge on any atom is 0.150 e. The topological polar surface area (TPSA) is 26.3 Å². The first kappa shape index (κ1) is 10.5. The molecule has 0 bridgehead atoms. The van der Waals surface area contributed by atoms with Crippen LogP contribution in [0.5, 0.6) is 5.75 Å². The maximum atomic E-state index is 13.5. The lowest BCUT2D eigenvalue weighted by atomic mass is 10.1. The fraction of sp³-hybridized carbons (Fsp3) is 0.0833. The molecule has 0 aliphatic carbocycles. The molecule has 2 aromatic carbocycles. The van der Waals surface area contributed by atoms with Gasteiger partial charge in [0, 0.05) is 10.9 Å². The van der Waals surface area contributed by atoms with Gasteiger partial charge in [-0.15, -0.1) is 0 Å². The molecule has 0 N–H and O–H groups in total. The van der Waals surface area contributed by atoms with E-state index < -0.39 is 11.6 Å². The monoisotopic (exact) mass is 222 g/mol. The highest BCUT2D eigenvalue weighted by atomic mass is 19.1. The third-order valence-electron chi connectivity index (χ3n) is 2.35. The molecule has 2 nitrogen and oxygen atoms in total. The van der Waals surface area contributed by atoms with Gasteiger partial charge in [-0.2, -0.15) is 0 Å². The molecule has 0 fully saturated rings. The summed E-state index contributed by atoms with van der Waals surface area (Å²) >= 11 is 0. The molecule has 0 aromatic heterocycles. The summed E-state index contributed by atoms with van der Waals surface area (Å²) in [6.45, 7) is 0. The molecule has 0 saturated heterocycles. The van der Waals surface area contributed by atoms with Gasteiger partial charge < -0.3 is 4.74 Å². The lowest BCUT2D eigenvalue weighted by molar-refractivity contribution is 0.112. The molecule has 0 amide bonds. The normalized spacial score (nSPS) is 10.4. The molecule has 0 aliphatic rings. The number of carbonyl (C=O) groups excluding carboxylic acids is 1. The first-order valence-electron chi connectivity index (χ1n) is 4.58. The minimum atomic E-state index is -0.585. The summed E-state index contributed by atoms with van der Waals surface area (Å²) in [6.07, 6.45) is 0.562. The van der Waals surface area contributed by atoms with Crippen LogP contribution in [0.3, 0.4) is 0 Å². The number of aldehydes is 1. The molecule has 0 radical (unpaired) electrons. The van der Waals surface area contributed by atoms with E-state index in [2.05, 4.69) is 0 Å². The van der Waals surface area contributed by atoms with Gasteiger partial charge in [0.1, 0.15) is 23.7 Å². The zero-order chi connectivity index (χ0) is 11.7. The number of hydrogen-bond acceptors (Lipinski definition) is 2. The molecule has 0 unspecified atom stereocenters. The third-order valence-corrected chi connectivity index (χ3v) is 2.35. The van der Waals surface area contributed by atoms with Crippen LogP contribution in [0.2, 0.25) is 0 Å². The fourth-order valence-electron chi connectivity index (χ4n) is 1.62. The van der Waals surface area contributed by atoms with E-state index in [1.165, 1.54) is 19.2 Å². The van der Waals surface area contributed by atoms with Gasteiger partial charge in [0.15, 0.2) is 0 Å². The van der Waals surface area contributed by atoms with E-state index in [0.29, 0.717) is 6.29 Å². The predicted molar refractivity (Wildman–Crippen MR) is 55.8 cm³/mol. The molecule has 2 rings (SSSR count). The Balaban J connectivity index is 2.94. The van der Waals surface area contributed by atoms with Crippen molar-refractivity contribution < 1.29 is 18.3 Å². The Morgan fingerprint density at radius 2 is 1.88 bits per heavy atom. The van der Waals surface area contributed by atoms with Crippen molar-refractivity contribution in [1.82, 2.24) is 0 Å². The minimum Gasteiger partial charge on any atom is -0.496 e. The molecule has 82 valence electrons. The van der Waals surface area contributed by atoms with Crippen molar-refractivity contribution in [3.63, 3.8) is 0 Å². The Morgan fingerprint density at radius 3 is 2.50 bits per heavy atom. The Morgan fingerprint density at radius 1 is 1.19 bits per heavy atom. The van der Waals surface area contributed by atoms with Crippen LogP contribution in [0.25, 0.3) is 10.8 Å². The second-order valence-corrected chi connectivity index (χ2v) is 3.29. The SMILES string of the molecule is COc1cc(C=O)cc2c(F)ccc(F)c12. The van der Waals surface area contributed by atoms with E-state index in [-0.39, 0.29) is 22.1 Å². The summed E-state index contributed by atoms with van der Waals surface area (Å²) in [5.41, 5.74) is 0.244. The summed E-state index contributed by atoms with van der Waals surface area (Å²) in [5.74, 6) is -1.01. The molecule has 0 aliphatic heterocycles. The van der Waals surface area contributed by atoms with Crippen molar-refractivity contribution in [2.75, 3.05) is 7.11 Å². The number of rotatable bonds is 2. The van der Waals surface area contributed by atoms with Crippen molar-refractivity contribution in [2.24, 2.45) is 0 Å². The molecule has 2 aromatic rings. The average molecular weight is 222 g/mol. The Labute approximate surface area is 90.4 Å². The molecular formula is C12H8F2O2. The summed E-state index contributed by atoms with van der Waals surface area (Å²) in [6, 6.07) is 4.72. The van der Waals surface area contributed by atoms with Gasteiger partial charge in [-0.1, -0.05) is 0 Å². The summed E-state index contributed by atoms with van der Waals surface area (Å²) in [4.78, 5) is 10.6. The van der Waals surface area contributed by atoms with Gasteiger partial charge in [0.2, 0.25) is 0 Å². The number of methoxy groups -OCH3 is 1. The first-order valence-corrected chi connectivity index (χ1v) is 4.58. The van der Waals surface area contributed by atoms with Crippen LogP contribution < -0.4 is 4.74 Å². The number of fused-ring (bicyclic) bond motifs is 1. The lowest BCUT2D eigenvalue weighted by Crippen LogP contribution is -1.93. The van der Waals surface area contributed by atoms with Crippen molar-refractivity contribution in [3.8, 4) is 5.75 Å². The zero-order valence-corrected chi connectivity index (χ0v) is 8.46. The van der Waals surface area contributed by atoms with Crippen LogP contribution in [-0.4, -0.2) is 13.4 Å². The number of benzene rings is 2. The van der Waals surface area contributed by atoms with Crippen molar-refractivity contribution in [3.05, 3.63) is 41.5 Å². The van der Waals surface area contributed by atoms with Crippen molar-refractivity contribution in [1.29, 1.82) is 0 Å². The van der Waals surface area contributed by atoms with Crippen LogP contribution in [0.1, 0.15) is 10.4 Å². The van der Waals surface area contributed by atoms with E-state index >= 15 is 0 Å². The molecule has 0 atom stereocenters. The van der Waals surface area contributed by atoms with Crippen LogP contribution in [0.4, 0.5) is 8.78 Å². The fourth-order valence-corrected chi connectivity index (χ4v) is 1.62. The second-order valence-electron chi connectivity index (χ2n) is 3.29. The zero-order valence-electron chi connectivity index (χ0n) is 8.46. The number of carbonyl (C=O) groups is 1. The molecule has 0 spiro atoms. The summed E-state index contributed by atoms with van der Waals surface area (Å²) < 4.78 is 31.9. The Hall–Kier alpha value is -1.97. The lowest BCUT2D eigenvalue weighted by Gasteiger charge is -2.08. The van der Waals surface area contributed by atoms with Crippen LogP contribution in [0, 0.1) is 11.6 Å². The van der Waals surface area contributed by atoms with E-state index in [1.807, 2.05) is 0 Å². The van der Waals surface area contributed by atoms with E-state index in [9.17, 15) is 13.6 Å². The first-order chi connectivity index (χ1) is 7.67. The highest BCUT2D eigenvalue weighted by Crippen LogP contribution is 2.31. The smallest absolute Gasteiger partial charge is 0.150 e. The van der Waals surface area contributed by atoms with E-state index in [0.717, 1.165) is 12.1 Å². The standard InChI is InChI=1S/C12H8F2O2/c1-16-11-5-7(6-15)4-8-9(13)2-3-10(14)12(8)11/h2-6H,1H3. The number of hydrogen-bond donors (Lipinski definition) is 0. The van der Waals surface area contributed by atoms with E-state index in [1.54, 1.807) is 0 Å². The predicted octanol–water partition coefficient (Wildman–Crippen LogP) is 2.94. The third kappa shape index (κ3) is 1.52. The van der Waals surface area contributed by atoms with Crippen LogP contribution in [-0.2, 0) is 0 Å². The van der Waals surface area contributed by atoms with Gasteiger partial charge in [0.05, 0.1) is 12.5 Å². The van der Waals surface area contributed by atoms with Crippen molar-refractivity contribution >= 4 is 17.1 Å². The van der Waals surface area contributed by atoms with Crippen LogP contribution in [0.15, 0.2) is 24.3 Å². The van der Waals surface area contributed by atoms with Gasteiger partial charge in [-0.05, 0) is 24.3 Å². The summed E-state index contributed by atoms with van der Waals surface area (Å²) in [7, 11) is 1.34. The molecule has 0 heterocycles. The molecule has 4 heteroatoms.